The van der Waals surface area contributed by atoms with Crippen molar-refractivity contribution in [3.63, 3.8) is 0 Å². The Labute approximate surface area is 163 Å². The number of hydrogen-bond acceptors (Lipinski definition) is 5. The minimum atomic E-state index is -0.0900. The summed E-state index contributed by atoms with van der Waals surface area (Å²) in [7, 11) is 1.61. The number of methoxy groups -OCH3 is 1. The van der Waals surface area contributed by atoms with E-state index in [0.717, 1.165) is 13.1 Å². The molecule has 7 heteroatoms. The second-order valence-electron chi connectivity index (χ2n) is 7.39. The zero-order valence-electron chi connectivity index (χ0n) is 16.2. The van der Waals surface area contributed by atoms with E-state index in [4.69, 9.17) is 4.74 Å². The lowest BCUT2D eigenvalue weighted by Gasteiger charge is -2.35. The van der Waals surface area contributed by atoms with Crippen molar-refractivity contribution in [3.8, 4) is 0 Å². The molecule has 1 saturated heterocycles. The van der Waals surface area contributed by atoms with Gasteiger partial charge in [0.2, 0.25) is 5.91 Å². The van der Waals surface area contributed by atoms with Gasteiger partial charge in [-0.05, 0) is 30.4 Å². The van der Waals surface area contributed by atoms with Crippen LogP contribution < -0.4 is 5.56 Å². The predicted octanol–water partition coefficient (Wildman–Crippen LogP) is 2.64. The highest BCUT2D eigenvalue weighted by atomic mass is 32.2. The summed E-state index contributed by atoms with van der Waals surface area (Å²) in [5, 5.41) is 1.16. The topological polar surface area (TPSA) is 64.4 Å². The minimum absolute atomic E-state index is 0.0900. The fraction of sp³-hybridized carbons (Fsp3) is 0.550. The highest BCUT2D eigenvalue weighted by Crippen LogP contribution is 2.23. The molecule has 2 atom stereocenters. The van der Waals surface area contributed by atoms with Crippen molar-refractivity contribution in [3.05, 3.63) is 34.6 Å². The van der Waals surface area contributed by atoms with Gasteiger partial charge in [0.25, 0.3) is 5.56 Å². The maximum absolute atomic E-state index is 12.8. The number of aromatic nitrogens is 2. The third-order valence-corrected chi connectivity index (χ3v) is 5.85. The van der Waals surface area contributed by atoms with E-state index in [2.05, 4.69) is 18.8 Å². The van der Waals surface area contributed by atoms with Crippen LogP contribution in [0.3, 0.4) is 0 Å². The van der Waals surface area contributed by atoms with Gasteiger partial charge >= 0.3 is 0 Å². The molecule has 27 heavy (non-hydrogen) atoms. The van der Waals surface area contributed by atoms with Gasteiger partial charge in [-0.1, -0.05) is 37.7 Å². The van der Waals surface area contributed by atoms with Gasteiger partial charge in [0.1, 0.15) is 0 Å². The molecule has 1 fully saturated rings. The second-order valence-corrected chi connectivity index (χ2v) is 8.34. The highest BCUT2D eigenvalue weighted by Gasteiger charge is 2.25. The Morgan fingerprint density at radius 2 is 1.96 bits per heavy atom. The van der Waals surface area contributed by atoms with Gasteiger partial charge in [0, 0.05) is 20.2 Å². The Kier molecular flexibility index (Phi) is 6.55. The van der Waals surface area contributed by atoms with Gasteiger partial charge < -0.3 is 9.64 Å². The first kappa shape index (κ1) is 19.9. The summed E-state index contributed by atoms with van der Waals surface area (Å²) in [5.74, 6) is 1.46. The van der Waals surface area contributed by atoms with Crippen LogP contribution in [0.2, 0.25) is 0 Å². The van der Waals surface area contributed by atoms with E-state index in [-0.39, 0.29) is 17.2 Å². The molecule has 0 radical (unpaired) electrons. The number of para-hydroxylation sites is 1. The normalized spacial score (nSPS) is 20.2. The van der Waals surface area contributed by atoms with Crippen molar-refractivity contribution in [2.24, 2.45) is 11.8 Å². The van der Waals surface area contributed by atoms with Crippen molar-refractivity contribution in [1.29, 1.82) is 0 Å². The van der Waals surface area contributed by atoms with Crippen LogP contribution in [0.15, 0.2) is 34.2 Å². The van der Waals surface area contributed by atoms with Crippen molar-refractivity contribution in [2.75, 3.05) is 32.6 Å². The molecule has 1 aromatic heterocycles. The molecule has 0 N–H and O–H groups in total. The Bertz CT molecular complexity index is 857. The molecule has 1 aromatic carbocycles. The van der Waals surface area contributed by atoms with E-state index < -0.39 is 0 Å². The van der Waals surface area contributed by atoms with Crippen LogP contribution in [0.25, 0.3) is 10.9 Å². The van der Waals surface area contributed by atoms with Crippen molar-refractivity contribution in [1.82, 2.24) is 14.5 Å². The summed E-state index contributed by atoms with van der Waals surface area (Å²) in [4.78, 5) is 32.1. The molecule has 0 spiro atoms. The van der Waals surface area contributed by atoms with Crippen LogP contribution in [-0.2, 0) is 16.1 Å². The molecular weight excluding hydrogens is 362 g/mol. The summed E-state index contributed by atoms with van der Waals surface area (Å²) in [6.45, 7) is 6.84. The molecular formula is C20H27N3O3S. The fourth-order valence-electron chi connectivity index (χ4n) is 3.72. The number of fused-ring (bicyclic) bond motifs is 1. The lowest BCUT2D eigenvalue weighted by Crippen LogP contribution is -2.43. The predicted molar refractivity (Wildman–Crippen MR) is 108 cm³/mol. The summed E-state index contributed by atoms with van der Waals surface area (Å²) >= 11 is 1.34. The first-order valence-corrected chi connectivity index (χ1v) is 10.4. The number of carbonyl (C=O) groups is 1. The lowest BCUT2D eigenvalue weighted by molar-refractivity contribution is -0.130. The molecule has 6 nitrogen and oxygen atoms in total. The molecule has 2 aromatic rings. The average Bonchev–Trinajstić information content (AvgIpc) is 2.65. The molecule has 0 saturated carbocycles. The summed E-state index contributed by atoms with van der Waals surface area (Å²) in [5.41, 5.74) is 0.569. The molecule has 0 bridgehead atoms. The zero-order valence-corrected chi connectivity index (χ0v) is 17.0. The third-order valence-electron chi connectivity index (χ3n) is 4.89. The molecule has 1 aliphatic heterocycles. The number of hydrogen-bond donors (Lipinski definition) is 0. The largest absolute Gasteiger partial charge is 0.383 e. The maximum Gasteiger partial charge on any atom is 0.262 e. The van der Waals surface area contributed by atoms with E-state index in [1.54, 1.807) is 17.7 Å². The van der Waals surface area contributed by atoms with E-state index >= 15 is 0 Å². The van der Waals surface area contributed by atoms with E-state index in [9.17, 15) is 9.59 Å². The van der Waals surface area contributed by atoms with Crippen molar-refractivity contribution < 1.29 is 9.53 Å². The Balaban J connectivity index is 1.80. The number of benzene rings is 1. The van der Waals surface area contributed by atoms with Crippen LogP contribution in [0.5, 0.6) is 0 Å². The highest BCUT2D eigenvalue weighted by molar-refractivity contribution is 7.99. The van der Waals surface area contributed by atoms with E-state index in [1.165, 1.54) is 18.2 Å². The van der Waals surface area contributed by atoms with Gasteiger partial charge in [0.05, 0.1) is 29.8 Å². The molecule has 3 rings (SSSR count). The Morgan fingerprint density at radius 1 is 1.26 bits per heavy atom. The quantitative estimate of drug-likeness (QED) is 0.561. The number of piperidine rings is 1. The number of nitrogens with zero attached hydrogens (tertiary/aromatic N) is 3. The third kappa shape index (κ3) is 4.71. The van der Waals surface area contributed by atoms with E-state index in [0.29, 0.717) is 41.0 Å². The van der Waals surface area contributed by atoms with Gasteiger partial charge in [-0.2, -0.15) is 0 Å². The molecule has 0 unspecified atom stereocenters. The Hall–Kier alpha value is -1.86. The van der Waals surface area contributed by atoms with Crippen LogP contribution >= 0.6 is 11.8 Å². The first-order valence-electron chi connectivity index (χ1n) is 9.38. The van der Waals surface area contributed by atoms with Crippen LogP contribution in [0.1, 0.15) is 20.3 Å². The van der Waals surface area contributed by atoms with Crippen molar-refractivity contribution >= 4 is 28.6 Å². The standard InChI is InChI=1S/C20H27N3O3S/c1-14-10-15(2)12-22(11-14)18(24)13-27-20-21-17-7-5-4-6-16(17)19(25)23(20)8-9-26-3/h4-7,14-15H,8-13H2,1-3H3/t14-,15-/m1/s1. The van der Waals surface area contributed by atoms with Crippen LogP contribution in [0.4, 0.5) is 0 Å². The number of thioether (sulfide) groups is 1. The number of amides is 1. The van der Waals surface area contributed by atoms with Crippen LogP contribution in [0, 0.1) is 11.8 Å². The van der Waals surface area contributed by atoms with E-state index in [1.807, 2.05) is 23.1 Å². The molecule has 1 amide bonds. The van der Waals surface area contributed by atoms with Gasteiger partial charge in [-0.15, -0.1) is 0 Å². The number of ether oxygens (including phenoxy) is 1. The smallest absolute Gasteiger partial charge is 0.262 e. The first-order chi connectivity index (χ1) is 13.0. The fourth-order valence-corrected chi connectivity index (χ4v) is 4.65. The van der Waals surface area contributed by atoms with Crippen molar-refractivity contribution in [2.45, 2.75) is 32.0 Å². The zero-order chi connectivity index (χ0) is 19.4. The summed E-state index contributed by atoms with van der Waals surface area (Å²) in [6, 6.07) is 7.31. The Morgan fingerprint density at radius 3 is 2.67 bits per heavy atom. The van der Waals surface area contributed by atoms with Gasteiger partial charge in [-0.25, -0.2) is 4.98 Å². The maximum atomic E-state index is 12.8. The van der Waals surface area contributed by atoms with Gasteiger partial charge in [-0.3, -0.25) is 14.2 Å². The average molecular weight is 390 g/mol. The second kappa shape index (κ2) is 8.89. The van der Waals surface area contributed by atoms with Crippen LogP contribution in [-0.4, -0.2) is 52.9 Å². The molecule has 1 aliphatic rings. The minimum Gasteiger partial charge on any atom is -0.383 e. The number of carbonyl (C=O) groups excluding carboxylic acids is 1. The number of rotatable bonds is 6. The molecule has 2 heterocycles. The SMILES string of the molecule is COCCn1c(SCC(=O)N2C[C@H](C)C[C@@H](C)C2)nc2ccccc2c1=O. The lowest BCUT2D eigenvalue weighted by atomic mass is 9.92. The number of likely N-dealkylation sites (tertiary alicyclic amines) is 1. The summed E-state index contributed by atoms with van der Waals surface area (Å²) in [6.07, 6.45) is 1.17. The monoisotopic (exact) mass is 389 g/mol. The summed E-state index contributed by atoms with van der Waals surface area (Å²) < 4.78 is 6.76. The molecule has 0 aliphatic carbocycles. The van der Waals surface area contributed by atoms with Gasteiger partial charge in [0.15, 0.2) is 5.16 Å². The molecule has 146 valence electrons.